The number of nitrogens with two attached hydrogens (primary N) is 1. The van der Waals surface area contributed by atoms with Crippen molar-refractivity contribution in [2.75, 3.05) is 19.4 Å². The van der Waals surface area contributed by atoms with Gasteiger partial charge in [0.2, 0.25) is 5.91 Å². The number of rotatable bonds is 7. The smallest absolute Gasteiger partial charge is 0.251 e. The Labute approximate surface area is 125 Å². The molecule has 0 bridgehead atoms. The van der Waals surface area contributed by atoms with Gasteiger partial charge >= 0.3 is 0 Å². The van der Waals surface area contributed by atoms with E-state index in [4.69, 9.17) is 10.5 Å². The van der Waals surface area contributed by atoms with Gasteiger partial charge in [-0.2, -0.15) is 0 Å². The van der Waals surface area contributed by atoms with Crippen LogP contribution in [0.1, 0.15) is 37.0 Å². The van der Waals surface area contributed by atoms with Crippen molar-refractivity contribution >= 4 is 17.5 Å². The Morgan fingerprint density at radius 1 is 1.38 bits per heavy atom. The summed E-state index contributed by atoms with van der Waals surface area (Å²) in [5.74, 6) is 0.126. The quantitative estimate of drug-likeness (QED) is 0.661. The van der Waals surface area contributed by atoms with E-state index >= 15 is 0 Å². The van der Waals surface area contributed by atoms with Crippen LogP contribution in [0.5, 0.6) is 5.75 Å². The lowest BCUT2D eigenvalue weighted by molar-refractivity contribution is -0.121. The molecule has 6 heteroatoms. The average Bonchev–Trinajstić information content (AvgIpc) is 2.47. The zero-order chi connectivity index (χ0) is 15.8. The lowest BCUT2D eigenvalue weighted by Crippen LogP contribution is -2.35. The number of carbonyl (C=O) groups is 2. The zero-order valence-electron chi connectivity index (χ0n) is 12.7. The van der Waals surface area contributed by atoms with Crippen LogP contribution in [-0.4, -0.2) is 31.5 Å². The third kappa shape index (κ3) is 5.33. The molecule has 0 fully saturated rings. The first-order valence-electron chi connectivity index (χ1n) is 6.99. The topological polar surface area (TPSA) is 93.5 Å². The van der Waals surface area contributed by atoms with Crippen molar-refractivity contribution in [2.24, 2.45) is 0 Å². The second kappa shape index (κ2) is 8.14. The largest absolute Gasteiger partial charge is 0.495 e. The Morgan fingerprint density at radius 3 is 2.71 bits per heavy atom. The molecule has 1 aromatic carbocycles. The number of anilines is 1. The lowest BCUT2D eigenvalue weighted by atomic mass is 10.1. The normalized spacial score (nSPS) is 11.6. The summed E-state index contributed by atoms with van der Waals surface area (Å²) in [6.07, 6.45) is 1.13. The van der Waals surface area contributed by atoms with Crippen LogP contribution in [0.2, 0.25) is 0 Å². The monoisotopic (exact) mass is 293 g/mol. The Hall–Kier alpha value is -2.24. The number of ether oxygens (including phenoxy) is 1. The highest BCUT2D eigenvalue weighted by atomic mass is 16.5. The van der Waals surface area contributed by atoms with Crippen LogP contribution in [0.15, 0.2) is 18.2 Å². The van der Waals surface area contributed by atoms with Gasteiger partial charge in [0, 0.05) is 24.6 Å². The summed E-state index contributed by atoms with van der Waals surface area (Å²) < 4.78 is 5.07. The molecular weight excluding hydrogens is 270 g/mol. The number of hydrogen-bond donors (Lipinski definition) is 3. The predicted octanol–water partition coefficient (Wildman–Crippen LogP) is 1.31. The van der Waals surface area contributed by atoms with Gasteiger partial charge in [-0.25, -0.2) is 0 Å². The molecule has 4 N–H and O–H groups in total. The summed E-state index contributed by atoms with van der Waals surface area (Å²) >= 11 is 0. The second-order valence-electron chi connectivity index (χ2n) is 4.84. The predicted molar refractivity (Wildman–Crippen MR) is 82.3 cm³/mol. The molecule has 1 rings (SSSR count). The van der Waals surface area contributed by atoms with Crippen LogP contribution in [0.4, 0.5) is 5.69 Å². The van der Waals surface area contributed by atoms with Gasteiger partial charge in [0.05, 0.1) is 12.8 Å². The Balaban J connectivity index is 2.45. The first kappa shape index (κ1) is 16.8. The Kier molecular flexibility index (Phi) is 6.52. The fourth-order valence-electron chi connectivity index (χ4n) is 1.69. The summed E-state index contributed by atoms with van der Waals surface area (Å²) in [7, 11) is 1.49. The van der Waals surface area contributed by atoms with Gasteiger partial charge in [-0.05, 0) is 31.5 Å². The average molecular weight is 293 g/mol. The molecule has 116 valence electrons. The molecule has 6 nitrogen and oxygen atoms in total. The van der Waals surface area contributed by atoms with Crippen molar-refractivity contribution in [1.29, 1.82) is 0 Å². The molecule has 21 heavy (non-hydrogen) atoms. The number of nitrogen functional groups attached to an aromatic ring is 1. The van der Waals surface area contributed by atoms with Gasteiger partial charge in [-0.1, -0.05) is 6.92 Å². The SMILES string of the molecule is CCC(C)NC(=O)CCNC(=O)c1ccc(N)c(OC)c1. The Morgan fingerprint density at radius 2 is 2.10 bits per heavy atom. The van der Waals surface area contributed by atoms with E-state index in [1.54, 1.807) is 18.2 Å². The van der Waals surface area contributed by atoms with Gasteiger partial charge in [0.1, 0.15) is 5.75 Å². The fourth-order valence-corrected chi connectivity index (χ4v) is 1.69. The third-order valence-electron chi connectivity index (χ3n) is 3.15. The first-order valence-corrected chi connectivity index (χ1v) is 6.99. The van der Waals surface area contributed by atoms with Gasteiger partial charge in [0.25, 0.3) is 5.91 Å². The van der Waals surface area contributed by atoms with Gasteiger partial charge in [-0.15, -0.1) is 0 Å². The molecule has 0 radical (unpaired) electrons. The highest BCUT2D eigenvalue weighted by molar-refractivity contribution is 5.95. The molecule has 0 heterocycles. The summed E-state index contributed by atoms with van der Waals surface area (Å²) in [5, 5.41) is 5.54. The van der Waals surface area contributed by atoms with Crippen molar-refractivity contribution in [2.45, 2.75) is 32.7 Å². The molecule has 0 aliphatic heterocycles. The molecule has 0 aliphatic rings. The summed E-state index contributed by atoms with van der Waals surface area (Å²) in [4.78, 5) is 23.5. The highest BCUT2D eigenvalue weighted by Crippen LogP contribution is 2.21. The van der Waals surface area contributed by atoms with E-state index < -0.39 is 0 Å². The minimum Gasteiger partial charge on any atom is -0.495 e. The van der Waals surface area contributed by atoms with Crippen molar-refractivity contribution in [1.82, 2.24) is 10.6 Å². The van der Waals surface area contributed by atoms with Crippen molar-refractivity contribution in [3.63, 3.8) is 0 Å². The van der Waals surface area contributed by atoms with Crippen LogP contribution in [-0.2, 0) is 4.79 Å². The second-order valence-corrected chi connectivity index (χ2v) is 4.84. The number of carbonyl (C=O) groups excluding carboxylic acids is 2. The van der Waals surface area contributed by atoms with E-state index in [1.807, 2.05) is 13.8 Å². The van der Waals surface area contributed by atoms with Gasteiger partial charge in [-0.3, -0.25) is 9.59 Å². The number of amides is 2. The van der Waals surface area contributed by atoms with Crippen molar-refractivity contribution in [3.8, 4) is 5.75 Å². The van der Waals surface area contributed by atoms with Gasteiger partial charge < -0.3 is 21.1 Å². The van der Waals surface area contributed by atoms with E-state index in [-0.39, 0.29) is 30.8 Å². The van der Waals surface area contributed by atoms with Crippen LogP contribution >= 0.6 is 0 Å². The minimum absolute atomic E-state index is 0.0699. The van der Waals surface area contributed by atoms with E-state index in [1.165, 1.54) is 7.11 Å². The Bertz CT molecular complexity index is 503. The van der Waals surface area contributed by atoms with E-state index in [9.17, 15) is 9.59 Å². The summed E-state index contributed by atoms with van der Waals surface area (Å²) in [6, 6.07) is 4.95. The maximum atomic E-state index is 11.9. The van der Waals surface area contributed by atoms with Crippen LogP contribution in [0, 0.1) is 0 Å². The molecule has 0 spiro atoms. The molecule has 0 saturated carbocycles. The maximum Gasteiger partial charge on any atom is 0.251 e. The molecule has 1 unspecified atom stereocenters. The van der Waals surface area contributed by atoms with Crippen molar-refractivity contribution < 1.29 is 14.3 Å². The standard InChI is InChI=1S/C15H23N3O3/c1-4-10(2)18-14(19)7-8-17-15(20)11-5-6-12(16)13(9-11)21-3/h5-6,9-10H,4,7-8,16H2,1-3H3,(H,17,20)(H,18,19). The molecule has 0 aliphatic carbocycles. The fraction of sp³-hybridized carbons (Fsp3) is 0.467. The lowest BCUT2D eigenvalue weighted by Gasteiger charge is -2.12. The first-order chi connectivity index (χ1) is 9.97. The highest BCUT2D eigenvalue weighted by Gasteiger charge is 2.10. The number of nitrogens with one attached hydrogen (secondary N) is 2. The molecule has 2 amide bonds. The number of hydrogen-bond acceptors (Lipinski definition) is 4. The van der Waals surface area contributed by atoms with E-state index in [0.29, 0.717) is 17.0 Å². The molecule has 0 aromatic heterocycles. The molecular formula is C15H23N3O3. The minimum atomic E-state index is -0.260. The molecule has 0 saturated heterocycles. The zero-order valence-corrected chi connectivity index (χ0v) is 12.7. The molecule has 1 aromatic rings. The van der Waals surface area contributed by atoms with Crippen LogP contribution in [0.25, 0.3) is 0 Å². The van der Waals surface area contributed by atoms with E-state index in [0.717, 1.165) is 6.42 Å². The number of methoxy groups -OCH3 is 1. The molecule has 1 atom stereocenters. The van der Waals surface area contributed by atoms with Crippen molar-refractivity contribution in [3.05, 3.63) is 23.8 Å². The third-order valence-corrected chi connectivity index (χ3v) is 3.15. The van der Waals surface area contributed by atoms with Crippen LogP contribution in [0.3, 0.4) is 0 Å². The van der Waals surface area contributed by atoms with E-state index in [2.05, 4.69) is 10.6 Å². The van der Waals surface area contributed by atoms with Gasteiger partial charge in [0.15, 0.2) is 0 Å². The summed E-state index contributed by atoms with van der Waals surface area (Å²) in [6.45, 7) is 4.23. The van der Waals surface area contributed by atoms with Crippen LogP contribution < -0.4 is 21.1 Å². The number of benzene rings is 1. The summed E-state index contributed by atoms with van der Waals surface area (Å²) in [5.41, 5.74) is 6.61. The maximum absolute atomic E-state index is 11.9.